The van der Waals surface area contributed by atoms with Crippen molar-refractivity contribution >= 4 is 16.9 Å². The Bertz CT molecular complexity index is 1280. The molecule has 1 aliphatic carbocycles. The third kappa shape index (κ3) is 3.73. The molecule has 2 aromatic heterocycles. The number of phenols is 1. The van der Waals surface area contributed by atoms with Crippen LogP contribution in [0.3, 0.4) is 0 Å². The maximum atomic E-state index is 13.5. The lowest BCUT2D eigenvalue weighted by molar-refractivity contribution is 0.0936. The molecule has 0 bridgehead atoms. The van der Waals surface area contributed by atoms with Crippen LogP contribution in [0.4, 0.5) is 0 Å². The lowest BCUT2D eigenvalue weighted by Crippen LogP contribution is -2.36. The van der Waals surface area contributed by atoms with E-state index in [1.165, 1.54) is 11.1 Å². The van der Waals surface area contributed by atoms with E-state index in [9.17, 15) is 9.90 Å². The van der Waals surface area contributed by atoms with Gasteiger partial charge in [0.1, 0.15) is 5.75 Å². The molecule has 1 aliphatic rings. The summed E-state index contributed by atoms with van der Waals surface area (Å²) in [4.78, 5) is 18.2. The maximum Gasteiger partial charge on any atom is 0.252 e. The molecule has 1 amide bonds. The highest BCUT2D eigenvalue weighted by atomic mass is 16.3. The third-order valence-corrected chi connectivity index (χ3v) is 6.45. The molecule has 1 saturated carbocycles. The number of fused-ring (bicyclic) bond motifs is 1. The second-order valence-corrected chi connectivity index (χ2v) is 8.68. The summed E-state index contributed by atoms with van der Waals surface area (Å²) in [6, 6.07) is 17.3. The van der Waals surface area contributed by atoms with Gasteiger partial charge in [-0.15, -0.1) is 0 Å². The number of benzene rings is 2. The Labute approximate surface area is 186 Å². The SMILES string of the molecule is Cc1ccc([C@@H]2CCC[C@H]2NC(=O)c2cc(-c3ccc(O)cc3)nc3n[nH]c(C)c23)cc1. The summed E-state index contributed by atoms with van der Waals surface area (Å²) >= 11 is 0. The number of aryl methyl sites for hydroxylation is 2. The van der Waals surface area contributed by atoms with Crippen LogP contribution in [0.1, 0.15) is 52.4 Å². The maximum absolute atomic E-state index is 13.5. The van der Waals surface area contributed by atoms with Crippen molar-refractivity contribution in [3.05, 3.63) is 77.0 Å². The normalized spacial score (nSPS) is 18.2. The van der Waals surface area contributed by atoms with E-state index in [1.54, 1.807) is 24.3 Å². The molecule has 4 aromatic rings. The Morgan fingerprint density at radius 2 is 1.81 bits per heavy atom. The zero-order valence-electron chi connectivity index (χ0n) is 18.2. The standard InChI is InChI=1S/C26H26N4O2/c1-15-6-8-17(9-7-15)20-4-3-5-22(20)28-26(32)21-14-23(18-10-12-19(31)13-11-18)27-25-24(21)16(2)29-30-25/h6-14,20,22,31H,3-5H2,1-2H3,(H,28,32)(H,27,29,30)/t20-,22+/m0/s1. The predicted molar refractivity (Wildman–Crippen MR) is 125 cm³/mol. The molecule has 0 spiro atoms. The molecular formula is C26H26N4O2. The van der Waals surface area contributed by atoms with Crippen LogP contribution in [-0.4, -0.2) is 32.2 Å². The number of hydrogen-bond acceptors (Lipinski definition) is 4. The van der Waals surface area contributed by atoms with Crippen molar-refractivity contribution in [2.45, 2.75) is 45.1 Å². The number of H-pyrrole nitrogens is 1. The van der Waals surface area contributed by atoms with Crippen LogP contribution >= 0.6 is 0 Å². The van der Waals surface area contributed by atoms with Gasteiger partial charge in [-0.3, -0.25) is 9.89 Å². The molecule has 1 fully saturated rings. The first-order chi connectivity index (χ1) is 15.5. The van der Waals surface area contributed by atoms with Crippen molar-refractivity contribution < 1.29 is 9.90 Å². The van der Waals surface area contributed by atoms with Crippen LogP contribution in [0.15, 0.2) is 54.6 Å². The predicted octanol–water partition coefficient (Wildman–Crippen LogP) is 5.01. The molecule has 2 atom stereocenters. The zero-order chi connectivity index (χ0) is 22.2. The zero-order valence-corrected chi connectivity index (χ0v) is 18.2. The number of rotatable bonds is 4. The average Bonchev–Trinajstić information content (AvgIpc) is 3.41. The highest BCUT2D eigenvalue weighted by Gasteiger charge is 2.31. The summed E-state index contributed by atoms with van der Waals surface area (Å²) in [5, 5.41) is 20.9. The van der Waals surface area contributed by atoms with Crippen molar-refractivity contribution in [2.75, 3.05) is 0 Å². The van der Waals surface area contributed by atoms with Crippen LogP contribution in [0.25, 0.3) is 22.3 Å². The Kier molecular flexibility index (Phi) is 5.13. The van der Waals surface area contributed by atoms with Crippen molar-refractivity contribution in [2.24, 2.45) is 0 Å². The van der Waals surface area contributed by atoms with Crippen molar-refractivity contribution in [1.82, 2.24) is 20.5 Å². The largest absolute Gasteiger partial charge is 0.508 e. The minimum atomic E-state index is -0.106. The van der Waals surface area contributed by atoms with E-state index < -0.39 is 0 Å². The highest BCUT2D eigenvalue weighted by Crippen LogP contribution is 2.35. The number of carbonyl (C=O) groups excluding carboxylic acids is 1. The number of nitrogens with zero attached hydrogens (tertiary/aromatic N) is 2. The second kappa shape index (κ2) is 8.11. The minimum absolute atomic E-state index is 0.0951. The Morgan fingerprint density at radius 3 is 2.56 bits per heavy atom. The van der Waals surface area contributed by atoms with Gasteiger partial charge < -0.3 is 10.4 Å². The molecule has 162 valence electrons. The second-order valence-electron chi connectivity index (χ2n) is 8.68. The summed E-state index contributed by atoms with van der Waals surface area (Å²) in [6.07, 6.45) is 3.13. The van der Waals surface area contributed by atoms with E-state index >= 15 is 0 Å². The van der Waals surface area contributed by atoms with Gasteiger partial charge >= 0.3 is 0 Å². The van der Waals surface area contributed by atoms with Crippen LogP contribution in [0, 0.1) is 13.8 Å². The highest BCUT2D eigenvalue weighted by molar-refractivity contribution is 6.07. The quantitative estimate of drug-likeness (QED) is 0.428. The van der Waals surface area contributed by atoms with Gasteiger partial charge in [-0.05, 0) is 62.6 Å². The van der Waals surface area contributed by atoms with E-state index in [4.69, 9.17) is 0 Å². The monoisotopic (exact) mass is 426 g/mol. The summed E-state index contributed by atoms with van der Waals surface area (Å²) in [5.74, 6) is 0.400. The van der Waals surface area contributed by atoms with Crippen molar-refractivity contribution in [3.8, 4) is 17.0 Å². The first kappa shape index (κ1) is 20.2. The van der Waals surface area contributed by atoms with Crippen LogP contribution in [-0.2, 0) is 0 Å². The van der Waals surface area contributed by atoms with Gasteiger partial charge in [-0.25, -0.2) is 4.98 Å². The lowest BCUT2D eigenvalue weighted by Gasteiger charge is -2.22. The Balaban J connectivity index is 1.49. The molecule has 6 nitrogen and oxygen atoms in total. The third-order valence-electron chi connectivity index (χ3n) is 6.45. The van der Waals surface area contributed by atoms with Crippen molar-refractivity contribution in [1.29, 1.82) is 0 Å². The van der Waals surface area contributed by atoms with E-state index in [-0.39, 0.29) is 17.7 Å². The molecule has 0 unspecified atom stereocenters. The van der Waals surface area contributed by atoms with E-state index in [2.05, 4.69) is 51.7 Å². The molecule has 3 N–H and O–H groups in total. The summed E-state index contributed by atoms with van der Waals surface area (Å²) in [7, 11) is 0. The topological polar surface area (TPSA) is 90.9 Å². The van der Waals surface area contributed by atoms with Gasteiger partial charge in [-0.2, -0.15) is 5.10 Å². The number of aromatic hydroxyl groups is 1. The number of phenolic OH excluding ortho intramolecular Hbond substituents is 1. The first-order valence-electron chi connectivity index (χ1n) is 11.0. The minimum Gasteiger partial charge on any atom is -0.508 e. The van der Waals surface area contributed by atoms with Crippen LogP contribution in [0.2, 0.25) is 0 Å². The van der Waals surface area contributed by atoms with Gasteiger partial charge in [0, 0.05) is 23.2 Å². The molecular weight excluding hydrogens is 400 g/mol. The summed E-state index contributed by atoms with van der Waals surface area (Å²) < 4.78 is 0. The number of nitrogens with one attached hydrogen (secondary N) is 2. The molecule has 32 heavy (non-hydrogen) atoms. The molecule has 0 radical (unpaired) electrons. The van der Waals surface area contributed by atoms with E-state index in [0.29, 0.717) is 22.8 Å². The van der Waals surface area contributed by atoms with E-state index in [1.807, 2.05) is 13.0 Å². The number of aromatic nitrogens is 3. The fourth-order valence-electron chi connectivity index (χ4n) is 4.73. The number of pyridine rings is 1. The number of carbonyl (C=O) groups is 1. The van der Waals surface area contributed by atoms with Gasteiger partial charge in [0.25, 0.3) is 5.91 Å². The average molecular weight is 427 g/mol. The molecule has 5 rings (SSSR count). The van der Waals surface area contributed by atoms with Gasteiger partial charge in [0.05, 0.1) is 16.6 Å². The smallest absolute Gasteiger partial charge is 0.252 e. The molecule has 2 aromatic carbocycles. The van der Waals surface area contributed by atoms with Gasteiger partial charge in [-0.1, -0.05) is 36.2 Å². The molecule has 0 saturated heterocycles. The van der Waals surface area contributed by atoms with Gasteiger partial charge in [0.15, 0.2) is 5.65 Å². The van der Waals surface area contributed by atoms with Crippen LogP contribution in [0.5, 0.6) is 5.75 Å². The molecule has 0 aliphatic heterocycles. The molecule has 6 heteroatoms. The summed E-state index contributed by atoms with van der Waals surface area (Å²) in [5.41, 5.74) is 5.88. The van der Waals surface area contributed by atoms with Gasteiger partial charge in [0.2, 0.25) is 0 Å². The lowest BCUT2D eigenvalue weighted by atomic mass is 9.93. The fourth-order valence-corrected chi connectivity index (χ4v) is 4.73. The Morgan fingerprint density at radius 1 is 1.06 bits per heavy atom. The molecule has 2 heterocycles. The van der Waals surface area contributed by atoms with E-state index in [0.717, 1.165) is 35.9 Å². The number of aromatic amines is 1. The number of amides is 1. The fraction of sp³-hybridized carbons (Fsp3) is 0.269. The Hall–Kier alpha value is -3.67. The van der Waals surface area contributed by atoms with Crippen molar-refractivity contribution in [3.63, 3.8) is 0 Å². The van der Waals surface area contributed by atoms with Crippen LogP contribution < -0.4 is 5.32 Å². The first-order valence-corrected chi connectivity index (χ1v) is 11.0. The summed E-state index contributed by atoms with van der Waals surface area (Å²) in [6.45, 7) is 3.99. The number of hydrogen-bond donors (Lipinski definition) is 3.